The Kier molecular flexibility index (Phi) is 14.3. The predicted molar refractivity (Wildman–Crippen MR) is 294 cm³/mol. The number of nitrogens with zero attached hydrogens (tertiary/aromatic N) is 5. The van der Waals surface area contributed by atoms with Gasteiger partial charge in [-0.2, -0.15) is 0 Å². The Balaban J connectivity index is 0.776. The molecule has 0 bridgehead atoms. The molecule has 2 aliphatic carbocycles. The van der Waals surface area contributed by atoms with Crippen LogP contribution in [0, 0.1) is 21.4 Å². The lowest BCUT2D eigenvalue weighted by Crippen LogP contribution is -2.60. The number of H-pyrrole nitrogens is 1. The summed E-state index contributed by atoms with van der Waals surface area (Å²) in [4.78, 5) is 40.6. The molecule has 0 unspecified atom stereocenters. The van der Waals surface area contributed by atoms with Crippen LogP contribution < -0.4 is 24.4 Å². The van der Waals surface area contributed by atoms with Crippen LogP contribution in [0.25, 0.3) is 11.0 Å². The minimum atomic E-state index is -4.59. The number of aromatic nitrogens is 2. The van der Waals surface area contributed by atoms with Gasteiger partial charge in [0.15, 0.2) is 0 Å². The first-order valence-electron chi connectivity index (χ1n) is 27.2. The number of sulfonamides is 1. The van der Waals surface area contributed by atoms with Crippen LogP contribution in [0.15, 0.2) is 108 Å². The Hall–Kier alpha value is -6.53. The second-order valence-corrected chi connectivity index (χ2v) is 24.5. The minimum absolute atomic E-state index is 0.0264. The van der Waals surface area contributed by atoms with Crippen LogP contribution >= 0.6 is 0 Å². The van der Waals surface area contributed by atoms with Gasteiger partial charge in [0.25, 0.3) is 21.6 Å². The molecule has 5 heterocycles. The van der Waals surface area contributed by atoms with E-state index in [-0.39, 0.29) is 28.3 Å². The van der Waals surface area contributed by atoms with Gasteiger partial charge in [-0.1, -0.05) is 50.2 Å². The van der Waals surface area contributed by atoms with Crippen molar-refractivity contribution in [2.24, 2.45) is 11.3 Å². The second-order valence-electron chi connectivity index (χ2n) is 22.8. The Morgan fingerprint density at radius 3 is 2.57 bits per heavy atom. The highest BCUT2D eigenvalue weighted by Gasteiger charge is 2.50. The normalized spacial score (nSPS) is 22.2. The standard InChI is InChI=1S/C59H70N8O8S/c1-39(2)48-8-4-5-9-49(48)53-38-64(37-41-10-11-42-7-6-28-74-54(42)29-41)26-27-66(53)45-33-59(34-45)21-24-65(25-22-59)44-12-14-50(55(31-44)75-46-30-43-18-23-60-56(43)62-36-46)57(68)63-76(72,73)47-13-15-51(52(32-47)67(70)71)61-35-40-16-19-58(3,69)20-17-40/h4-5,8-15,18,23,29-32,36,39-40,45,53,61,69H,6-7,16-17,19-22,24-28,33-35,37-38H2,1-3H3,(H,60,62)(H,63,68)/t40-,53-,58-/m0/s1. The molecule has 1 atom stereocenters. The van der Waals surface area contributed by atoms with E-state index in [9.17, 15) is 28.4 Å². The van der Waals surface area contributed by atoms with Gasteiger partial charge in [0.2, 0.25) is 0 Å². The number of piperazine rings is 1. The van der Waals surface area contributed by atoms with Crippen molar-refractivity contribution >= 4 is 44.0 Å². The van der Waals surface area contributed by atoms with Crippen LogP contribution in [0.3, 0.4) is 0 Å². The number of anilines is 2. The number of hydrogen-bond donors (Lipinski definition) is 4. The molecular weight excluding hydrogens is 981 g/mol. The van der Waals surface area contributed by atoms with Crippen molar-refractivity contribution in [1.29, 1.82) is 0 Å². The Morgan fingerprint density at radius 2 is 1.78 bits per heavy atom. The highest BCUT2D eigenvalue weighted by atomic mass is 32.2. The number of benzene rings is 4. The Morgan fingerprint density at radius 1 is 0.974 bits per heavy atom. The third kappa shape index (κ3) is 11.0. The fourth-order valence-corrected chi connectivity index (χ4v) is 13.7. The van der Waals surface area contributed by atoms with E-state index < -0.39 is 37.0 Å². The number of ether oxygens (including phenoxy) is 2. The zero-order valence-corrected chi connectivity index (χ0v) is 44.6. The van der Waals surface area contributed by atoms with Crippen molar-refractivity contribution in [2.45, 2.75) is 120 Å². The molecule has 3 aliphatic heterocycles. The number of nitrogens with one attached hydrogen (secondary N) is 3. The van der Waals surface area contributed by atoms with Gasteiger partial charge < -0.3 is 29.8 Å². The smallest absolute Gasteiger partial charge is 0.293 e. The average molecular weight is 1050 g/mol. The molecular formula is C59H70N8O8S. The van der Waals surface area contributed by atoms with E-state index >= 15 is 0 Å². The quantitative estimate of drug-likeness (QED) is 0.0561. The van der Waals surface area contributed by atoms with Crippen molar-refractivity contribution < 1.29 is 32.7 Å². The number of amides is 1. The molecule has 4 fully saturated rings. The number of carbonyl (C=O) groups excluding carboxylic acids is 1. The molecule has 76 heavy (non-hydrogen) atoms. The number of piperidine rings is 1. The molecule has 4 aromatic carbocycles. The van der Waals surface area contributed by atoms with E-state index in [0.717, 1.165) is 120 Å². The number of aryl methyl sites for hydroxylation is 1. The molecule has 16 nitrogen and oxygen atoms in total. The average Bonchev–Trinajstić information content (AvgIpc) is 3.88. The molecule has 2 saturated carbocycles. The summed E-state index contributed by atoms with van der Waals surface area (Å²) >= 11 is 0. The fraction of sp³-hybridized carbons (Fsp3) is 0.458. The number of fused-ring (bicyclic) bond motifs is 2. The lowest BCUT2D eigenvalue weighted by Gasteiger charge is -2.58. The van der Waals surface area contributed by atoms with Gasteiger partial charge >= 0.3 is 0 Å². The third-order valence-corrected chi connectivity index (χ3v) is 18.5. The van der Waals surface area contributed by atoms with Crippen LogP contribution in [0.2, 0.25) is 0 Å². The van der Waals surface area contributed by atoms with Crippen molar-refractivity contribution in [1.82, 2.24) is 24.5 Å². The molecule has 0 radical (unpaired) electrons. The summed E-state index contributed by atoms with van der Waals surface area (Å²) in [5.41, 5.74) is 6.24. The molecule has 6 aromatic rings. The molecule has 400 valence electrons. The largest absolute Gasteiger partial charge is 0.493 e. The lowest BCUT2D eigenvalue weighted by atomic mass is 9.59. The van der Waals surface area contributed by atoms with Gasteiger partial charge in [0.1, 0.15) is 28.6 Å². The van der Waals surface area contributed by atoms with Gasteiger partial charge in [-0.25, -0.2) is 18.1 Å². The van der Waals surface area contributed by atoms with Crippen LogP contribution in [-0.2, 0) is 23.0 Å². The Bertz CT molecular complexity index is 3220. The van der Waals surface area contributed by atoms with Crippen LogP contribution in [0.1, 0.15) is 123 Å². The first-order chi connectivity index (χ1) is 36.6. The van der Waals surface area contributed by atoms with Gasteiger partial charge in [-0.05, 0) is 153 Å². The maximum absolute atomic E-state index is 14.1. The van der Waals surface area contributed by atoms with Crippen molar-refractivity contribution in [3.63, 3.8) is 0 Å². The zero-order valence-electron chi connectivity index (χ0n) is 43.8. The lowest BCUT2D eigenvalue weighted by molar-refractivity contribution is -0.384. The summed E-state index contributed by atoms with van der Waals surface area (Å²) in [6.07, 6.45) is 12.6. The minimum Gasteiger partial charge on any atom is -0.493 e. The number of nitro benzene ring substituents is 1. The highest BCUT2D eigenvalue weighted by Crippen LogP contribution is 2.53. The van der Waals surface area contributed by atoms with Gasteiger partial charge in [-0.3, -0.25) is 24.7 Å². The first-order valence-corrected chi connectivity index (χ1v) is 28.7. The Labute approximate surface area is 445 Å². The van der Waals surface area contributed by atoms with Crippen molar-refractivity contribution in [3.8, 4) is 17.2 Å². The van der Waals surface area contributed by atoms with E-state index in [4.69, 9.17) is 9.47 Å². The third-order valence-electron chi connectivity index (χ3n) is 17.1. The molecule has 4 N–H and O–H groups in total. The van der Waals surface area contributed by atoms with E-state index in [1.807, 2.05) is 19.1 Å². The summed E-state index contributed by atoms with van der Waals surface area (Å²) in [7, 11) is -4.59. The molecule has 11 rings (SSSR count). The summed E-state index contributed by atoms with van der Waals surface area (Å²) in [6.45, 7) is 13.2. The highest BCUT2D eigenvalue weighted by molar-refractivity contribution is 7.90. The zero-order chi connectivity index (χ0) is 52.8. The van der Waals surface area contributed by atoms with Gasteiger partial charge in [-0.15, -0.1) is 0 Å². The van der Waals surface area contributed by atoms with E-state index in [1.54, 1.807) is 30.6 Å². The molecule has 2 saturated heterocycles. The topological polar surface area (TPSA) is 195 Å². The summed E-state index contributed by atoms with van der Waals surface area (Å²) in [5, 5.41) is 26.5. The number of nitro groups is 1. The van der Waals surface area contributed by atoms with Gasteiger partial charge in [0, 0.05) is 87.3 Å². The number of pyridine rings is 1. The molecule has 1 amide bonds. The van der Waals surface area contributed by atoms with Crippen molar-refractivity contribution in [3.05, 3.63) is 141 Å². The van der Waals surface area contributed by atoms with Crippen LogP contribution in [-0.4, -0.2) is 102 Å². The maximum Gasteiger partial charge on any atom is 0.293 e. The molecule has 1 spiro atoms. The fourth-order valence-electron chi connectivity index (χ4n) is 12.7. The maximum atomic E-state index is 14.1. The molecule has 2 aromatic heterocycles. The number of aliphatic hydroxyl groups is 1. The SMILES string of the molecule is CC(C)c1ccccc1[C@@H]1CN(Cc2ccc3c(c2)OCCC3)CCN1C1CC2(CCN(c3ccc(C(=O)NS(=O)(=O)c4ccc(NC[C@H]5CC[C@](C)(O)CC5)c([N+](=O)[O-])c4)c(Oc4cnc5[nH]ccc5c4)c3)CC2)C1. The summed E-state index contributed by atoms with van der Waals surface area (Å²) in [6, 6.07) is 29.1. The molecule has 5 aliphatic rings. The number of rotatable bonds is 15. The first kappa shape index (κ1) is 51.6. The van der Waals surface area contributed by atoms with Gasteiger partial charge in [0.05, 0.1) is 33.8 Å². The summed E-state index contributed by atoms with van der Waals surface area (Å²) < 4.78 is 42.4. The van der Waals surface area contributed by atoms with E-state index in [2.05, 4.69) is 91.0 Å². The number of carbonyl (C=O) groups is 1. The van der Waals surface area contributed by atoms with Crippen LogP contribution in [0.4, 0.5) is 17.1 Å². The van der Waals surface area contributed by atoms with E-state index in [0.29, 0.717) is 48.8 Å². The number of hydrogen-bond acceptors (Lipinski definition) is 13. The molecule has 17 heteroatoms. The monoisotopic (exact) mass is 1050 g/mol. The predicted octanol–water partition coefficient (Wildman–Crippen LogP) is 10.5. The number of aromatic amines is 1. The van der Waals surface area contributed by atoms with Crippen LogP contribution in [0.5, 0.6) is 17.2 Å². The van der Waals surface area contributed by atoms with Crippen molar-refractivity contribution in [2.75, 3.05) is 56.1 Å². The second kappa shape index (κ2) is 21.1. The van der Waals surface area contributed by atoms with E-state index in [1.165, 1.54) is 34.4 Å². The summed E-state index contributed by atoms with van der Waals surface area (Å²) in [5.74, 6) is 1.23.